The lowest BCUT2D eigenvalue weighted by molar-refractivity contribution is -0.122. The zero-order valence-corrected chi connectivity index (χ0v) is 24.0. The number of hydrazine groups is 2. The first kappa shape index (κ1) is 28.0. The van der Waals surface area contributed by atoms with E-state index < -0.39 is 0 Å². The Morgan fingerprint density at radius 3 is 2.38 bits per heavy atom. The minimum Gasteiger partial charge on any atom is -0.310 e. The highest BCUT2D eigenvalue weighted by atomic mass is 16.2. The van der Waals surface area contributed by atoms with Gasteiger partial charge in [0.25, 0.3) is 5.91 Å². The number of benzene rings is 2. The molecule has 1 aliphatic carbocycles. The zero-order valence-electron chi connectivity index (χ0n) is 24.0. The van der Waals surface area contributed by atoms with Crippen molar-refractivity contribution in [1.29, 1.82) is 0 Å². The molecule has 2 fully saturated rings. The molecular weight excluding hydrogens is 498 g/mol. The van der Waals surface area contributed by atoms with Crippen LogP contribution in [-0.4, -0.2) is 33.9 Å². The highest BCUT2D eigenvalue weighted by molar-refractivity contribution is 5.93. The van der Waals surface area contributed by atoms with Gasteiger partial charge in [0, 0.05) is 17.5 Å². The van der Waals surface area contributed by atoms with Crippen LogP contribution in [0.15, 0.2) is 66.7 Å². The van der Waals surface area contributed by atoms with Crippen LogP contribution in [0.1, 0.15) is 70.1 Å². The van der Waals surface area contributed by atoms with Crippen LogP contribution in [0.3, 0.4) is 0 Å². The maximum absolute atomic E-state index is 12.5. The fourth-order valence-corrected chi connectivity index (χ4v) is 5.30. The van der Waals surface area contributed by atoms with Crippen molar-refractivity contribution in [1.82, 2.24) is 21.0 Å². The fraction of sp³-hybridized carbons (Fsp3) is 0.424. The summed E-state index contributed by atoms with van der Waals surface area (Å²) in [4.78, 5) is 29.3. The highest BCUT2D eigenvalue weighted by Gasteiger charge is 2.35. The number of rotatable bonds is 10. The van der Waals surface area contributed by atoms with Gasteiger partial charge in [-0.1, -0.05) is 82.3 Å². The summed E-state index contributed by atoms with van der Waals surface area (Å²) in [5, 5.41) is 5.04. The molecule has 2 aromatic carbocycles. The lowest BCUT2D eigenvalue weighted by Gasteiger charge is -2.30. The van der Waals surface area contributed by atoms with Gasteiger partial charge >= 0.3 is 0 Å². The van der Waals surface area contributed by atoms with Crippen LogP contribution in [0.4, 0.5) is 5.82 Å². The van der Waals surface area contributed by atoms with E-state index in [1.54, 1.807) is 0 Å². The van der Waals surface area contributed by atoms with Crippen molar-refractivity contribution in [3.63, 3.8) is 0 Å². The monoisotopic (exact) mass is 539 g/mol. The Morgan fingerprint density at radius 2 is 1.73 bits per heavy atom. The molecule has 1 saturated carbocycles. The summed E-state index contributed by atoms with van der Waals surface area (Å²) in [6.07, 6.45) is 5.33. The van der Waals surface area contributed by atoms with Crippen molar-refractivity contribution >= 4 is 17.6 Å². The lowest BCUT2D eigenvalue weighted by atomic mass is 9.86. The highest BCUT2D eigenvalue weighted by Crippen LogP contribution is 2.30. The number of aryl methyl sites for hydroxylation is 1. The Morgan fingerprint density at radius 1 is 1.02 bits per heavy atom. The fourth-order valence-electron chi connectivity index (χ4n) is 5.30. The Labute approximate surface area is 237 Å². The van der Waals surface area contributed by atoms with Crippen LogP contribution < -0.4 is 16.3 Å². The summed E-state index contributed by atoms with van der Waals surface area (Å²) in [6, 6.07) is 23.1. The molecule has 0 spiro atoms. The SMILES string of the molecule is CCC1C(=O)NNN1C(CCc1ccc(C(C)(C)C)cc1)Cc1ccc(-c2cccc(NC(=O)C3CC3)n2)cc1. The van der Waals surface area contributed by atoms with Gasteiger partial charge in [-0.05, 0) is 72.8 Å². The molecule has 210 valence electrons. The van der Waals surface area contributed by atoms with Gasteiger partial charge in [-0.2, -0.15) is 5.53 Å². The number of nitrogens with zero attached hydrogens (tertiary/aromatic N) is 2. The average Bonchev–Trinajstić information content (AvgIpc) is 3.73. The van der Waals surface area contributed by atoms with E-state index in [-0.39, 0.29) is 35.2 Å². The van der Waals surface area contributed by atoms with Crippen molar-refractivity contribution in [2.45, 2.75) is 83.7 Å². The molecule has 2 aliphatic rings. The number of carbonyl (C=O) groups is 2. The number of amides is 2. The number of nitrogens with one attached hydrogen (secondary N) is 3. The number of hydrogen-bond acceptors (Lipinski definition) is 5. The minimum atomic E-state index is -0.190. The molecule has 40 heavy (non-hydrogen) atoms. The van der Waals surface area contributed by atoms with E-state index >= 15 is 0 Å². The number of anilines is 1. The van der Waals surface area contributed by atoms with Crippen LogP contribution >= 0.6 is 0 Å². The molecule has 1 saturated heterocycles. The van der Waals surface area contributed by atoms with Gasteiger partial charge in [-0.3, -0.25) is 15.0 Å². The summed E-state index contributed by atoms with van der Waals surface area (Å²) in [5.74, 6) is 0.822. The molecule has 1 aromatic heterocycles. The van der Waals surface area contributed by atoms with Crippen molar-refractivity contribution < 1.29 is 9.59 Å². The quantitative estimate of drug-likeness (QED) is 0.314. The third kappa shape index (κ3) is 6.77. The minimum absolute atomic E-state index is 0.0251. The third-order valence-corrected chi connectivity index (χ3v) is 7.98. The molecule has 3 N–H and O–H groups in total. The summed E-state index contributed by atoms with van der Waals surface area (Å²) in [7, 11) is 0. The molecule has 2 unspecified atom stereocenters. The predicted molar refractivity (Wildman–Crippen MR) is 159 cm³/mol. The van der Waals surface area contributed by atoms with Crippen molar-refractivity contribution in [3.05, 3.63) is 83.4 Å². The van der Waals surface area contributed by atoms with E-state index in [2.05, 4.69) is 102 Å². The molecule has 7 nitrogen and oxygen atoms in total. The second kappa shape index (κ2) is 11.9. The first-order valence-corrected chi connectivity index (χ1v) is 14.5. The Kier molecular flexibility index (Phi) is 8.33. The van der Waals surface area contributed by atoms with E-state index in [4.69, 9.17) is 0 Å². The topological polar surface area (TPSA) is 86.4 Å². The standard InChI is InChI=1S/C33H41N5O2/c1-5-29-32(40)36-37-38(29)27(20-13-22-11-18-26(19-12-22)33(2,3)4)21-23-9-14-24(15-10-23)28-7-6-8-30(34-28)35-31(39)25-16-17-25/h6-12,14-15,18-19,25,27,29,37H,5,13,16-17,20-21H2,1-4H3,(H,36,40)(H,34,35,39). The van der Waals surface area contributed by atoms with E-state index in [1.807, 2.05) is 18.2 Å². The van der Waals surface area contributed by atoms with Crippen molar-refractivity contribution in [3.8, 4) is 11.3 Å². The van der Waals surface area contributed by atoms with E-state index in [0.29, 0.717) is 5.82 Å². The first-order valence-electron chi connectivity index (χ1n) is 14.5. The third-order valence-electron chi connectivity index (χ3n) is 7.98. The number of hydrogen-bond donors (Lipinski definition) is 3. The predicted octanol–water partition coefficient (Wildman–Crippen LogP) is 5.57. The second-order valence-corrected chi connectivity index (χ2v) is 12.1. The lowest BCUT2D eigenvalue weighted by Crippen LogP contribution is -2.48. The number of carbonyl (C=O) groups excluding carboxylic acids is 2. The van der Waals surface area contributed by atoms with E-state index in [0.717, 1.165) is 49.8 Å². The van der Waals surface area contributed by atoms with Gasteiger partial charge in [0.1, 0.15) is 11.9 Å². The number of pyridine rings is 1. The number of aromatic nitrogens is 1. The van der Waals surface area contributed by atoms with Crippen LogP contribution in [0.25, 0.3) is 11.3 Å². The van der Waals surface area contributed by atoms with Crippen LogP contribution in [0, 0.1) is 5.92 Å². The largest absolute Gasteiger partial charge is 0.310 e. The molecule has 2 amide bonds. The summed E-state index contributed by atoms with van der Waals surface area (Å²) < 4.78 is 0. The van der Waals surface area contributed by atoms with Crippen molar-refractivity contribution in [2.75, 3.05) is 5.32 Å². The van der Waals surface area contributed by atoms with Crippen LogP contribution in [0.2, 0.25) is 0 Å². The Bertz CT molecular complexity index is 1330. The summed E-state index contributed by atoms with van der Waals surface area (Å²) in [6.45, 7) is 8.75. The molecule has 2 atom stereocenters. The Balaban J connectivity index is 1.29. The summed E-state index contributed by atoms with van der Waals surface area (Å²) in [5.41, 5.74) is 11.8. The van der Waals surface area contributed by atoms with E-state index in [9.17, 15) is 9.59 Å². The van der Waals surface area contributed by atoms with Gasteiger partial charge < -0.3 is 5.32 Å². The smallest absolute Gasteiger partial charge is 0.253 e. The van der Waals surface area contributed by atoms with Crippen LogP contribution in [-0.2, 0) is 27.8 Å². The molecule has 1 aliphatic heterocycles. The molecule has 2 heterocycles. The van der Waals surface area contributed by atoms with Crippen molar-refractivity contribution in [2.24, 2.45) is 5.92 Å². The van der Waals surface area contributed by atoms with Gasteiger partial charge in [-0.15, -0.1) is 0 Å². The van der Waals surface area contributed by atoms with Gasteiger partial charge in [0.05, 0.1) is 5.69 Å². The second-order valence-electron chi connectivity index (χ2n) is 12.1. The zero-order chi connectivity index (χ0) is 28.3. The molecule has 0 bridgehead atoms. The maximum atomic E-state index is 12.5. The van der Waals surface area contributed by atoms with Gasteiger partial charge in [-0.25, -0.2) is 9.99 Å². The first-order chi connectivity index (χ1) is 19.2. The maximum Gasteiger partial charge on any atom is 0.253 e. The van der Waals surface area contributed by atoms with Gasteiger partial charge in [0.15, 0.2) is 0 Å². The molecular formula is C33H41N5O2. The molecule has 5 rings (SSSR count). The molecule has 0 radical (unpaired) electrons. The van der Waals surface area contributed by atoms with Crippen LogP contribution in [0.5, 0.6) is 0 Å². The summed E-state index contributed by atoms with van der Waals surface area (Å²) >= 11 is 0. The molecule has 7 heteroatoms. The van der Waals surface area contributed by atoms with E-state index in [1.165, 1.54) is 16.7 Å². The normalized spacial score (nSPS) is 18.4. The molecule has 3 aromatic rings. The average molecular weight is 540 g/mol. The Hall–Kier alpha value is -3.55. The van der Waals surface area contributed by atoms with Gasteiger partial charge in [0.2, 0.25) is 5.91 Å².